The molecule has 0 spiro atoms. The molecule has 1 atom stereocenters. The average Bonchev–Trinajstić information content (AvgIpc) is 3.29. The number of hydrogen-bond donors (Lipinski definition) is 0. The summed E-state index contributed by atoms with van der Waals surface area (Å²) in [5.74, 6) is -0.395. The monoisotopic (exact) mass is 395 g/mol. The topological polar surface area (TPSA) is 76.3 Å². The van der Waals surface area contributed by atoms with Gasteiger partial charge >= 0.3 is 0 Å². The van der Waals surface area contributed by atoms with Crippen molar-refractivity contribution in [3.8, 4) is 0 Å². The molecule has 3 heterocycles. The number of hydrogen-bond acceptors (Lipinski definition) is 6. The molecule has 0 bridgehead atoms. The first-order valence-corrected chi connectivity index (χ1v) is 9.32. The molecule has 132 valence electrons. The van der Waals surface area contributed by atoms with Gasteiger partial charge < -0.3 is 4.42 Å². The van der Waals surface area contributed by atoms with Gasteiger partial charge in [0, 0.05) is 5.02 Å². The van der Waals surface area contributed by atoms with Crippen LogP contribution in [0.2, 0.25) is 5.02 Å². The summed E-state index contributed by atoms with van der Waals surface area (Å²) < 4.78 is 5.84. The molecule has 5 rings (SSSR count). The number of carbonyl (C=O) groups excluding carboxylic acids is 1. The molecule has 2 aromatic carbocycles. The Hall–Kier alpha value is -3.03. The lowest BCUT2D eigenvalue weighted by atomic mass is 9.99. The standard InChI is InChI=1S/C19H10ClN3O3S/c20-11-5-3-4-10(8-11)15-14-16(24)12-6-1-2-7-13(12)26-17(14)18(25)23(15)19-22-21-9-27-19/h1-9,15H. The van der Waals surface area contributed by atoms with E-state index in [0.717, 1.165) is 0 Å². The molecule has 1 aliphatic heterocycles. The molecule has 2 aromatic heterocycles. The van der Waals surface area contributed by atoms with Crippen LogP contribution >= 0.6 is 22.9 Å². The number of carbonyl (C=O) groups is 1. The van der Waals surface area contributed by atoms with Gasteiger partial charge in [0.25, 0.3) is 5.91 Å². The molecule has 0 fully saturated rings. The van der Waals surface area contributed by atoms with Gasteiger partial charge in [0.2, 0.25) is 10.9 Å². The highest BCUT2D eigenvalue weighted by atomic mass is 35.5. The molecule has 4 aromatic rings. The Morgan fingerprint density at radius 1 is 1.11 bits per heavy atom. The van der Waals surface area contributed by atoms with Crippen molar-refractivity contribution in [1.82, 2.24) is 10.2 Å². The number of halogens is 1. The minimum absolute atomic E-state index is 0.0267. The van der Waals surface area contributed by atoms with Gasteiger partial charge in [0.05, 0.1) is 17.0 Å². The average molecular weight is 396 g/mol. The summed E-state index contributed by atoms with van der Waals surface area (Å²) in [5.41, 5.74) is 2.66. The van der Waals surface area contributed by atoms with Gasteiger partial charge in [0.1, 0.15) is 11.1 Å². The van der Waals surface area contributed by atoms with Crippen molar-refractivity contribution in [2.45, 2.75) is 6.04 Å². The van der Waals surface area contributed by atoms with Gasteiger partial charge in [-0.2, -0.15) is 0 Å². The van der Waals surface area contributed by atoms with Crippen LogP contribution in [0, 0.1) is 0 Å². The lowest BCUT2D eigenvalue weighted by Crippen LogP contribution is -2.29. The van der Waals surface area contributed by atoms with E-state index in [-0.39, 0.29) is 16.8 Å². The minimum Gasteiger partial charge on any atom is -0.450 e. The first kappa shape index (κ1) is 16.2. The number of para-hydroxylation sites is 1. The third kappa shape index (κ3) is 2.39. The van der Waals surface area contributed by atoms with E-state index < -0.39 is 11.9 Å². The number of amides is 1. The van der Waals surface area contributed by atoms with Crippen LogP contribution < -0.4 is 10.3 Å². The van der Waals surface area contributed by atoms with Gasteiger partial charge in [-0.3, -0.25) is 14.5 Å². The largest absolute Gasteiger partial charge is 0.450 e. The third-order valence-electron chi connectivity index (χ3n) is 4.50. The van der Waals surface area contributed by atoms with Crippen LogP contribution in [-0.4, -0.2) is 16.1 Å². The van der Waals surface area contributed by atoms with E-state index in [1.165, 1.54) is 21.7 Å². The van der Waals surface area contributed by atoms with E-state index in [1.807, 2.05) is 6.07 Å². The second kappa shape index (κ2) is 6.00. The number of fused-ring (bicyclic) bond motifs is 2. The fourth-order valence-corrected chi connectivity index (χ4v) is 4.16. The molecule has 27 heavy (non-hydrogen) atoms. The van der Waals surface area contributed by atoms with E-state index in [1.54, 1.807) is 42.5 Å². The van der Waals surface area contributed by atoms with Gasteiger partial charge in [-0.15, -0.1) is 10.2 Å². The number of aromatic nitrogens is 2. The van der Waals surface area contributed by atoms with E-state index in [4.69, 9.17) is 16.0 Å². The predicted octanol–water partition coefficient (Wildman–Crippen LogP) is 4.05. The Labute approximate surface area is 161 Å². The summed E-state index contributed by atoms with van der Waals surface area (Å²) in [7, 11) is 0. The van der Waals surface area contributed by atoms with Crippen molar-refractivity contribution >= 4 is 44.9 Å². The lowest BCUT2D eigenvalue weighted by Gasteiger charge is -2.22. The summed E-state index contributed by atoms with van der Waals surface area (Å²) in [6, 6.07) is 13.3. The Morgan fingerprint density at radius 3 is 2.74 bits per heavy atom. The summed E-state index contributed by atoms with van der Waals surface area (Å²) in [4.78, 5) is 27.8. The first-order valence-electron chi connectivity index (χ1n) is 8.06. The fraction of sp³-hybridized carbons (Fsp3) is 0.0526. The zero-order valence-corrected chi connectivity index (χ0v) is 15.2. The van der Waals surface area contributed by atoms with E-state index >= 15 is 0 Å². The first-order chi connectivity index (χ1) is 13.1. The van der Waals surface area contributed by atoms with Crippen molar-refractivity contribution in [2.24, 2.45) is 0 Å². The Morgan fingerprint density at radius 2 is 1.96 bits per heavy atom. The second-order valence-electron chi connectivity index (χ2n) is 6.02. The highest BCUT2D eigenvalue weighted by Crippen LogP contribution is 2.41. The predicted molar refractivity (Wildman–Crippen MR) is 102 cm³/mol. The van der Waals surface area contributed by atoms with Gasteiger partial charge in [-0.1, -0.05) is 47.2 Å². The smallest absolute Gasteiger partial charge is 0.297 e. The maximum absolute atomic E-state index is 13.2. The number of nitrogens with zero attached hydrogens (tertiary/aromatic N) is 3. The maximum Gasteiger partial charge on any atom is 0.297 e. The second-order valence-corrected chi connectivity index (χ2v) is 7.27. The normalized spacial score (nSPS) is 16.1. The van der Waals surface area contributed by atoms with Crippen molar-refractivity contribution in [3.05, 3.63) is 86.2 Å². The zero-order valence-electron chi connectivity index (χ0n) is 13.6. The molecule has 1 amide bonds. The van der Waals surface area contributed by atoms with Crippen LogP contribution in [0.15, 0.2) is 63.3 Å². The Kier molecular flexibility index (Phi) is 3.60. The highest BCUT2D eigenvalue weighted by molar-refractivity contribution is 7.13. The molecule has 1 aliphatic rings. The number of anilines is 1. The number of benzene rings is 2. The highest BCUT2D eigenvalue weighted by Gasteiger charge is 2.44. The van der Waals surface area contributed by atoms with Crippen LogP contribution in [0.1, 0.15) is 27.7 Å². The van der Waals surface area contributed by atoms with E-state index in [2.05, 4.69) is 10.2 Å². The van der Waals surface area contributed by atoms with E-state index in [0.29, 0.717) is 26.7 Å². The van der Waals surface area contributed by atoms with Crippen LogP contribution in [0.5, 0.6) is 0 Å². The van der Waals surface area contributed by atoms with Crippen molar-refractivity contribution in [2.75, 3.05) is 4.90 Å². The fourth-order valence-electron chi connectivity index (χ4n) is 3.38. The molecule has 0 N–H and O–H groups in total. The molecular weight excluding hydrogens is 386 g/mol. The summed E-state index contributed by atoms with van der Waals surface area (Å²) in [6.45, 7) is 0. The van der Waals surface area contributed by atoms with Crippen LogP contribution in [0.4, 0.5) is 5.13 Å². The van der Waals surface area contributed by atoms with Crippen molar-refractivity contribution in [3.63, 3.8) is 0 Å². The van der Waals surface area contributed by atoms with Gasteiger partial charge in [-0.25, -0.2) is 0 Å². The van der Waals surface area contributed by atoms with Crippen LogP contribution in [0.3, 0.4) is 0 Å². The summed E-state index contributed by atoms with van der Waals surface area (Å²) in [5, 5.41) is 9.18. The maximum atomic E-state index is 13.2. The summed E-state index contributed by atoms with van der Waals surface area (Å²) >= 11 is 7.38. The third-order valence-corrected chi connectivity index (χ3v) is 5.42. The zero-order chi connectivity index (χ0) is 18.5. The van der Waals surface area contributed by atoms with Crippen LogP contribution in [0.25, 0.3) is 11.0 Å². The summed E-state index contributed by atoms with van der Waals surface area (Å²) in [6.07, 6.45) is 0. The lowest BCUT2D eigenvalue weighted by molar-refractivity contribution is 0.0970. The Balaban J connectivity index is 1.85. The molecule has 0 radical (unpaired) electrons. The van der Waals surface area contributed by atoms with Gasteiger partial charge in [0.15, 0.2) is 5.43 Å². The molecular formula is C19H10ClN3O3S. The molecule has 0 aliphatic carbocycles. The molecule has 0 saturated heterocycles. The van der Waals surface area contributed by atoms with Gasteiger partial charge in [-0.05, 0) is 29.8 Å². The SMILES string of the molecule is O=C1c2oc3ccccc3c(=O)c2C(c2cccc(Cl)c2)N1c1nncs1. The van der Waals surface area contributed by atoms with Crippen LogP contribution in [-0.2, 0) is 0 Å². The van der Waals surface area contributed by atoms with E-state index in [9.17, 15) is 9.59 Å². The Bertz CT molecular complexity index is 1250. The molecule has 0 saturated carbocycles. The molecule has 8 heteroatoms. The quantitative estimate of drug-likeness (QED) is 0.511. The van der Waals surface area contributed by atoms with Crippen molar-refractivity contribution in [1.29, 1.82) is 0 Å². The van der Waals surface area contributed by atoms with Crippen molar-refractivity contribution < 1.29 is 9.21 Å². The minimum atomic E-state index is -0.681. The number of rotatable bonds is 2. The molecule has 6 nitrogen and oxygen atoms in total. The molecule has 1 unspecified atom stereocenters.